The molecule has 1 aliphatic heterocycles. The van der Waals surface area contributed by atoms with Crippen LogP contribution in [0, 0.1) is 5.82 Å². The number of carbonyl (C=O) groups is 1. The molecule has 0 spiro atoms. The molecule has 128 valence electrons. The van der Waals surface area contributed by atoms with Crippen LogP contribution in [0.15, 0.2) is 24.3 Å². The molecule has 7 heteroatoms. The fraction of sp³-hybridized carbons (Fsp3) is 0.562. The van der Waals surface area contributed by atoms with Gasteiger partial charge in [-0.1, -0.05) is 24.6 Å². The van der Waals surface area contributed by atoms with Crippen molar-refractivity contribution in [1.29, 1.82) is 0 Å². The number of hydrogen-bond donors (Lipinski definition) is 1. The first-order valence-corrected chi connectivity index (χ1v) is 9.58. The third-order valence-electron chi connectivity index (χ3n) is 3.97. The summed E-state index contributed by atoms with van der Waals surface area (Å²) in [7, 11) is -3.29. The maximum atomic E-state index is 13.4. The average Bonchev–Trinajstić information content (AvgIpc) is 2.55. The summed E-state index contributed by atoms with van der Waals surface area (Å²) >= 11 is 0. The number of nitrogens with zero attached hydrogens (tertiary/aromatic N) is 1. The number of halogens is 1. The van der Waals surface area contributed by atoms with Gasteiger partial charge in [0.15, 0.2) is 0 Å². The van der Waals surface area contributed by atoms with Gasteiger partial charge in [-0.2, -0.15) is 0 Å². The molecule has 0 radical (unpaired) electrons. The Kier molecular flexibility index (Phi) is 6.53. The molecule has 0 saturated carbocycles. The number of carbonyl (C=O) groups excluding carboxylic acids is 1. The molecule has 1 N–H and O–H groups in total. The minimum absolute atomic E-state index is 0.0849. The van der Waals surface area contributed by atoms with E-state index in [1.54, 1.807) is 18.2 Å². The van der Waals surface area contributed by atoms with Gasteiger partial charge < -0.3 is 5.32 Å². The van der Waals surface area contributed by atoms with Crippen molar-refractivity contribution in [3.05, 3.63) is 35.6 Å². The fourth-order valence-electron chi connectivity index (χ4n) is 2.63. The topological polar surface area (TPSA) is 66.5 Å². The summed E-state index contributed by atoms with van der Waals surface area (Å²) in [6, 6.07) is 6.33. The van der Waals surface area contributed by atoms with Crippen molar-refractivity contribution in [2.45, 2.75) is 32.1 Å². The van der Waals surface area contributed by atoms with E-state index in [-0.39, 0.29) is 30.4 Å². The quantitative estimate of drug-likeness (QED) is 0.820. The van der Waals surface area contributed by atoms with Crippen LogP contribution in [-0.4, -0.2) is 44.0 Å². The van der Waals surface area contributed by atoms with Crippen LogP contribution in [0.1, 0.15) is 31.2 Å². The minimum atomic E-state index is -3.29. The predicted octanol–water partition coefficient (Wildman–Crippen LogP) is 1.69. The molecule has 1 aromatic rings. The lowest BCUT2D eigenvalue weighted by atomic mass is 10.1. The van der Waals surface area contributed by atoms with Gasteiger partial charge in [0.1, 0.15) is 5.82 Å². The van der Waals surface area contributed by atoms with Gasteiger partial charge in [-0.05, 0) is 30.9 Å². The molecule has 0 aromatic heterocycles. The van der Waals surface area contributed by atoms with Gasteiger partial charge in [0, 0.05) is 26.1 Å². The second-order valence-electron chi connectivity index (χ2n) is 5.72. The predicted molar refractivity (Wildman–Crippen MR) is 86.9 cm³/mol. The zero-order chi connectivity index (χ0) is 16.7. The maximum absolute atomic E-state index is 13.4. The van der Waals surface area contributed by atoms with Crippen LogP contribution in [0.4, 0.5) is 4.39 Å². The minimum Gasteiger partial charge on any atom is -0.355 e. The van der Waals surface area contributed by atoms with Crippen LogP contribution in [0.2, 0.25) is 0 Å². The van der Waals surface area contributed by atoms with Crippen molar-refractivity contribution in [3.63, 3.8) is 0 Å². The summed E-state index contributed by atoms with van der Waals surface area (Å²) in [4.78, 5) is 11.7. The first-order chi connectivity index (χ1) is 11.0. The molecule has 1 amide bonds. The van der Waals surface area contributed by atoms with Crippen molar-refractivity contribution in [2.75, 3.05) is 25.4 Å². The molecule has 23 heavy (non-hydrogen) atoms. The molecule has 1 aliphatic rings. The molecule has 0 aliphatic carbocycles. The number of rotatable bonds is 7. The Balaban J connectivity index is 1.71. The summed E-state index contributed by atoms with van der Waals surface area (Å²) in [5.74, 6) is -0.673. The number of aryl methyl sites for hydroxylation is 1. The SMILES string of the molecule is O=C(CCc1ccccc1F)NCCS(=O)(=O)N1CCCCC1. The number of benzene rings is 1. The Bertz CT molecular complexity index is 628. The van der Waals surface area contributed by atoms with Crippen molar-refractivity contribution in [2.24, 2.45) is 0 Å². The maximum Gasteiger partial charge on any atom is 0.220 e. The molecule has 0 atom stereocenters. The van der Waals surface area contributed by atoms with E-state index in [2.05, 4.69) is 5.32 Å². The Morgan fingerprint density at radius 3 is 2.57 bits per heavy atom. The highest BCUT2D eigenvalue weighted by Gasteiger charge is 2.23. The van der Waals surface area contributed by atoms with Gasteiger partial charge in [0.05, 0.1) is 5.75 Å². The van der Waals surface area contributed by atoms with Crippen LogP contribution in [0.5, 0.6) is 0 Å². The van der Waals surface area contributed by atoms with E-state index >= 15 is 0 Å². The molecule has 1 heterocycles. The highest BCUT2D eigenvalue weighted by molar-refractivity contribution is 7.89. The number of amides is 1. The molecule has 0 bridgehead atoms. The standard InChI is InChI=1S/C16H23FN2O3S/c17-15-7-3-2-6-14(15)8-9-16(20)18-10-13-23(21,22)19-11-4-1-5-12-19/h2-3,6-7H,1,4-5,8-13H2,(H,18,20). The van der Waals surface area contributed by atoms with Crippen LogP contribution >= 0.6 is 0 Å². The summed E-state index contributed by atoms with van der Waals surface area (Å²) in [5.41, 5.74) is 0.489. The first kappa shape index (κ1) is 17.9. The van der Waals surface area contributed by atoms with Gasteiger partial charge in [-0.15, -0.1) is 0 Å². The van der Waals surface area contributed by atoms with Crippen LogP contribution in [0.3, 0.4) is 0 Å². The molecule has 2 rings (SSSR count). The molecular weight excluding hydrogens is 319 g/mol. The molecule has 5 nitrogen and oxygen atoms in total. The third-order valence-corrected chi connectivity index (χ3v) is 5.84. The fourth-order valence-corrected chi connectivity index (χ4v) is 4.06. The van der Waals surface area contributed by atoms with E-state index < -0.39 is 10.0 Å². The van der Waals surface area contributed by atoms with Crippen LogP contribution in [-0.2, 0) is 21.2 Å². The lowest BCUT2D eigenvalue weighted by Gasteiger charge is -2.25. The molecule has 1 fully saturated rings. The largest absolute Gasteiger partial charge is 0.355 e. The Hall–Kier alpha value is -1.47. The lowest BCUT2D eigenvalue weighted by molar-refractivity contribution is -0.120. The first-order valence-electron chi connectivity index (χ1n) is 7.97. The lowest BCUT2D eigenvalue weighted by Crippen LogP contribution is -2.40. The molecule has 1 saturated heterocycles. The molecule has 0 unspecified atom stereocenters. The van der Waals surface area contributed by atoms with Gasteiger partial charge >= 0.3 is 0 Å². The Morgan fingerprint density at radius 2 is 1.87 bits per heavy atom. The number of nitrogens with one attached hydrogen (secondary N) is 1. The average molecular weight is 342 g/mol. The second kappa shape index (κ2) is 8.40. The highest BCUT2D eigenvalue weighted by Crippen LogP contribution is 2.13. The molecular formula is C16H23FN2O3S. The summed E-state index contributed by atoms with van der Waals surface area (Å²) in [6.07, 6.45) is 3.31. The highest BCUT2D eigenvalue weighted by atomic mass is 32.2. The van der Waals surface area contributed by atoms with Crippen molar-refractivity contribution >= 4 is 15.9 Å². The summed E-state index contributed by atoms with van der Waals surface area (Å²) in [6.45, 7) is 1.24. The van der Waals surface area contributed by atoms with Crippen LogP contribution in [0.25, 0.3) is 0 Å². The van der Waals surface area contributed by atoms with E-state index in [1.807, 2.05) is 0 Å². The van der Waals surface area contributed by atoms with Gasteiger partial charge in [0.2, 0.25) is 15.9 Å². The van der Waals surface area contributed by atoms with Crippen LogP contribution < -0.4 is 5.32 Å². The van der Waals surface area contributed by atoms with E-state index in [9.17, 15) is 17.6 Å². The van der Waals surface area contributed by atoms with Crippen molar-refractivity contribution in [3.8, 4) is 0 Å². The summed E-state index contributed by atoms with van der Waals surface area (Å²) < 4.78 is 39.2. The van der Waals surface area contributed by atoms with E-state index in [4.69, 9.17) is 0 Å². The van der Waals surface area contributed by atoms with Gasteiger partial charge in [-0.25, -0.2) is 17.1 Å². The van der Waals surface area contributed by atoms with Crippen molar-refractivity contribution < 1.29 is 17.6 Å². The van der Waals surface area contributed by atoms with E-state index in [0.29, 0.717) is 25.1 Å². The summed E-state index contributed by atoms with van der Waals surface area (Å²) in [5, 5.41) is 2.60. The Labute approximate surface area is 136 Å². The van der Waals surface area contributed by atoms with Gasteiger partial charge in [-0.3, -0.25) is 4.79 Å². The Morgan fingerprint density at radius 1 is 1.17 bits per heavy atom. The zero-order valence-electron chi connectivity index (χ0n) is 13.1. The number of hydrogen-bond acceptors (Lipinski definition) is 3. The normalized spacial score (nSPS) is 16.2. The second-order valence-corrected chi connectivity index (χ2v) is 7.81. The molecule has 1 aromatic carbocycles. The monoisotopic (exact) mass is 342 g/mol. The number of piperidine rings is 1. The third kappa shape index (κ3) is 5.58. The smallest absolute Gasteiger partial charge is 0.220 e. The van der Waals surface area contributed by atoms with Gasteiger partial charge in [0.25, 0.3) is 0 Å². The van der Waals surface area contributed by atoms with E-state index in [1.165, 1.54) is 10.4 Å². The number of sulfonamides is 1. The van der Waals surface area contributed by atoms with E-state index in [0.717, 1.165) is 19.3 Å². The van der Waals surface area contributed by atoms with Crippen molar-refractivity contribution in [1.82, 2.24) is 9.62 Å². The zero-order valence-corrected chi connectivity index (χ0v) is 13.9.